The molecule has 4 heterocycles. The highest BCUT2D eigenvalue weighted by atomic mass is 17.2. The van der Waals surface area contributed by atoms with E-state index in [0.717, 1.165) is 76.0 Å². The van der Waals surface area contributed by atoms with Gasteiger partial charge in [0.05, 0.1) is 48.4 Å². The number of benzene rings is 5. The summed E-state index contributed by atoms with van der Waals surface area (Å²) in [7, 11) is 2.68. The Kier molecular flexibility index (Phi) is 12.8. The first-order valence-electron chi connectivity index (χ1n) is 21.9. The average molecular weight is 874 g/mol. The number of fused-ring (bicyclic) bond motifs is 2. The summed E-state index contributed by atoms with van der Waals surface area (Å²) in [5.41, 5.74) is 8.13. The number of H-pyrrole nitrogens is 2. The van der Waals surface area contributed by atoms with E-state index in [-0.39, 0.29) is 23.9 Å². The van der Waals surface area contributed by atoms with Crippen molar-refractivity contribution in [1.82, 2.24) is 35.1 Å². The Hall–Kier alpha value is -7.52. The van der Waals surface area contributed by atoms with Gasteiger partial charge in [-0.2, -0.15) is 4.89 Å². The number of aromatic amines is 2. The Morgan fingerprint density at radius 2 is 1.25 bits per heavy atom. The van der Waals surface area contributed by atoms with Gasteiger partial charge in [-0.15, -0.1) is 0 Å². The van der Waals surface area contributed by atoms with Gasteiger partial charge in [0.2, 0.25) is 6.40 Å². The van der Waals surface area contributed by atoms with Crippen LogP contribution in [-0.2, 0) is 37.2 Å². The number of aliphatic imine (C=N–C) groups is 1. The molecule has 4 atom stereocenters. The third-order valence-electron chi connectivity index (χ3n) is 12.2. The van der Waals surface area contributed by atoms with Crippen molar-refractivity contribution in [3.8, 4) is 0 Å². The maximum atomic E-state index is 14.1. The second-order valence-corrected chi connectivity index (χ2v) is 16.3. The zero-order valence-electron chi connectivity index (χ0n) is 36.3. The van der Waals surface area contributed by atoms with E-state index in [2.05, 4.69) is 61.6 Å². The summed E-state index contributed by atoms with van der Waals surface area (Å²) in [6.45, 7) is 2.38. The van der Waals surface area contributed by atoms with Crippen LogP contribution in [-0.4, -0.2) is 81.4 Å². The molecule has 15 nitrogen and oxygen atoms in total. The third kappa shape index (κ3) is 9.41. The molecule has 3 amide bonds. The molecule has 0 bridgehead atoms. The van der Waals surface area contributed by atoms with Crippen LogP contribution < -0.4 is 10.2 Å². The number of rotatable bonds is 15. The molecule has 0 aliphatic carbocycles. The van der Waals surface area contributed by atoms with E-state index in [1.54, 1.807) is 0 Å². The number of carbonyl (C=O) groups is 3. The monoisotopic (exact) mass is 873 g/mol. The fourth-order valence-electron chi connectivity index (χ4n) is 9.10. The summed E-state index contributed by atoms with van der Waals surface area (Å²) < 4.78 is 4.87. The van der Waals surface area contributed by atoms with Crippen LogP contribution in [0.25, 0.3) is 22.1 Å². The van der Waals surface area contributed by atoms with E-state index in [1.807, 2.05) is 101 Å². The summed E-state index contributed by atoms with van der Waals surface area (Å²) in [5, 5.41) is 2.74. The third-order valence-corrected chi connectivity index (χ3v) is 12.2. The van der Waals surface area contributed by atoms with Gasteiger partial charge in [-0.1, -0.05) is 91.0 Å². The van der Waals surface area contributed by atoms with Crippen molar-refractivity contribution in [1.29, 1.82) is 0 Å². The molecule has 2 aliphatic rings. The van der Waals surface area contributed by atoms with Gasteiger partial charge in [0.25, 0.3) is 11.8 Å². The molecule has 65 heavy (non-hydrogen) atoms. The average Bonchev–Trinajstić information content (AvgIpc) is 4.19. The van der Waals surface area contributed by atoms with Crippen LogP contribution in [0, 0.1) is 0 Å². The van der Waals surface area contributed by atoms with Crippen LogP contribution in [0.4, 0.5) is 10.5 Å². The molecule has 2 aliphatic heterocycles. The number of para-hydroxylation sites is 1. The van der Waals surface area contributed by atoms with Crippen molar-refractivity contribution in [3.05, 3.63) is 161 Å². The molecule has 5 aromatic carbocycles. The summed E-state index contributed by atoms with van der Waals surface area (Å²) in [6.07, 6.45) is 3.68. The van der Waals surface area contributed by atoms with Gasteiger partial charge in [0.1, 0.15) is 17.7 Å². The van der Waals surface area contributed by atoms with Crippen molar-refractivity contribution in [3.63, 3.8) is 0 Å². The van der Waals surface area contributed by atoms with Gasteiger partial charge in [0.15, 0.2) is 6.04 Å². The first-order chi connectivity index (χ1) is 31.9. The molecule has 9 rings (SSSR count). The summed E-state index contributed by atoms with van der Waals surface area (Å²) >= 11 is 0. The number of hydrogen-bond acceptors (Lipinski definition) is 10. The topological polar surface area (TPSA) is 170 Å². The molecule has 3 N–H and O–H groups in total. The highest BCUT2D eigenvalue weighted by Crippen LogP contribution is 2.36. The summed E-state index contributed by atoms with van der Waals surface area (Å²) in [4.78, 5) is 77.7. The second-order valence-electron chi connectivity index (χ2n) is 16.3. The Labute approximate surface area is 376 Å². The van der Waals surface area contributed by atoms with Crippen LogP contribution in [0.2, 0.25) is 0 Å². The van der Waals surface area contributed by atoms with Gasteiger partial charge < -0.3 is 39.6 Å². The van der Waals surface area contributed by atoms with Gasteiger partial charge in [0, 0.05) is 31.9 Å². The molecular formula is C50H51N9O6. The zero-order chi connectivity index (χ0) is 44.7. The lowest BCUT2D eigenvalue weighted by molar-refractivity contribution is -0.188. The number of carbonyl (C=O) groups excluding carboxylic acids is 3. The van der Waals surface area contributed by atoms with E-state index in [1.165, 1.54) is 20.6 Å². The smallest absolute Gasteiger partial charge is 0.407 e. The van der Waals surface area contributed by atoms with E-state index >= 15 is 0 Å². The first-order valence-corrected chi connectivity index (χ1v) is 21.9. The van der Waals surface area contributed by atoms with Gasteiger partial charge >= 0.3 is 6.09 Å². The van der Waals surface area contributed by atoms with Gasteiger partial charge in [-0.05, 0) is 84.3 Å². The van der Waals surface area contributed by atoms with Crippen LogP contribution in [0.3, 0.4) is 0 Å². The number of nitrogens with zero attached hydrogens (tertiary/aromatic N) is 6. The van der Waals surface area contributed by atoms with Crippen molar-refractivity contribution >= 4 is 52.1 Å². The molecule has 2 saturated heterocycles. The molecule has 0 spiro atoms. The van der Waals surface area contributed by atoms with Gasteiger partial charge in [-0.3, -0.25) is 9.59 Å². The number of anilines is 1. The lowest BCUT2D eigenvalue weighted by Crippen LogP contribution is -2.42. The quantitative estimate of drug-likeness (QED) is 0.0396. The zero-order valence-corrected chi connectivity index (χ0v) is 36.3. The number of alkyl carbamates (subject to hydrolysis) is 1. The Bertz CT molecular complexity index is 2780. The predicted molar refractivity (Wildman–Crippen MR) is 246 cm³/mol. The second kappa shape index (κ2) is 19.5. The van der Waals surface area contributed by atoms with Crippen molar-refractivity contribution in [2.75, 3.05) is 32.2 Å². The number of imidazole rings is 2. The summed E-state index contributed by atoms with van der Waals surface area (Å²) in [6, 6.07) is 39.4. The molecule has 15 heteroatoms. The van der Waals surface area contributed by atoms with Crippen LogP contribution in [0.5, 0.6) is 0 Å². The number of likely N-dealkylation sites (tertiary alicyclic amines) is 2. The SMILES string of the molecule is COOC=N[C@@H](C(=O)N1CCC[C@H]1c1nc2ccc(CN(Cc3ccc4nc([C@@H]5CCCN5C(=O)[C@H](NC(=O)OC)c5ccccc5)[nH]c4c3)c3ccccc3)cc2[nH]1)c1ccccc1. The maximum Gasteiger partial charge on any atom is 0.407 e. The van der Waals surface area contributed by atoms with Crippen molar-refractivity contribution in [2.45, 2.75) is 62.9 Å². The molecule has 0 saturated carbocycles. The van der Waals surface area contributed by atoms with E-state index < -0.39 is 18.2 Å². The maximum absolute atomic E-state index is 14.1. The Morgan fingerprint density at radius 1 is 0.723 bits per heavy atom. The molecule has 2 aromatic heterocycles. The minimum atomic E-state index is -0.893. The minimum Gasteiger partial charge on any atom is -0.453 e. The summed E-state index contributed by atoms with van der Waals surface area (Å²) in [5.74, 6) is 1.12. The minimum absolute atomic E-state index is 0.128. The number of aromatic nitrogens is 4. The van der Waals surface area contributed by atoms with Crippen LogP contribution in [0.15, 0.2) is 132 Å². The predicted octanol–water partition coefficient (Wildman–Crippen LogP) is 8.42. The van der Waals surface area contributed by atoms with E-state index in [4.69, 9.17) is 24.5 Å². The molecule has 7 aromatic rings. The molecule has 2 fully saturated rings. The van der Waals surface area contributed by atoms with Crippen molar-refractivity contribution in [2.24, 2.45) is 4.99 Å². The van der Waals surface area contributed by atoms with E-state index in [9.17, 15) is 14.4 Å². The molecular weight excluding hydrogens is 823 g/mol. The Morgan fingerprint density at radius 3 is 1.78 bits per heavy atom. The molecule has 0 unspecified atom stereocenters. The molecule has 0 radical (unpaired) electrons. The highest BCUT2D eigenvalue weighted by molar-refractivity contribution is 5.88. The Balaban J connectivity index is 0.930. The number of methoxy groups -OCH3 is 1. The van der Waals surface area contributed by atoms with Gasteiger partial charge in [-0.25, -0.2) is 19.8 Å². The standard InChI is InChI=1S/C50H51N9O6/c1-63-50(62)56-45(36-16-8-4-9-17-36)49(61)59-27-13-21-43(59)47-53-39-25-23-34(29-41(39)55-47)31-57(37-18-10-5-11-19-37)30-33-22-24-38-40(28-33)54-46(52-38)42-20-12-26-58(42)48(60)44(51-32-65-64-2)35-14-6-3-7-15-35/h3-11,14-19,22-25,28-29,32,42-45H,12-13,20-21,26-27,30-31H2,1-2H3,(H,52,54)(H,53,55)(H,56,62)/t42-,43-,44+,45+/m0/s1. The number of amides is 3. The number of hydrogen-bond donors (Lipinski definition) is 3. The normalized spacial score (nSPS) is 17.1. The van der Waals surface area contributed by atoms with Crippen LogP contribution in [0.1, 0.15) is 83.8 Å². The lowest BCUT2D eigenvalue weighted by Gasteiger charge is -2.28. The van der Waals surface area contributed by atoms with E-state index in [0.29, 0.717) is 37.6 Å². The molecule has 332 valence electrons. The number of ether oxygens (including phenoxy) is 1. The fourth-order valence-corrected chi connectivity index (χ4v) is 9.10. The first kappa shape index (κ1) is 42.8. The highest BCUT2D eigenvalue weighted by Gasteiger charge is 2.38. The largest absolute Gasteiger partial charge is 0.453 e. The lowest BCUT2D eigenvalue weighted by atomic mass is 10.1. The number of nitrogens with one attached hydrogen (secondary N) is 3. The fraction of sp³-hybridized carbons (Fsp3) is 0.280. The van der Waals surface area contributed by atoms with Crippen molar-refractivity contribution < 1.29 is 28.9 Å². The van der Waals surface area contributed by atoms with Crippen LogP contribution >= 0.6 is 0 Å².